The third kappa shape index (κ3) is 4.01. The molecule has 0 N–H and O–H groups in total. The smallest absolute Gasteiger partial charge is 0.338 e. The average Bonchev–Trinajstić information content (AvgIpc) is 3.31. The monoisotopic (exact) mass is 391 g/mol. The second-order valence-corrected chi connectivity index (χ2v) is 6.99. The van der Waals surface area contributed by atoms with Gasteiger partial charge in [-0.25, -0.2) is 9.48 Å². The number of carbonyl (C=O) groups is 2. The van der Waals surface area contributed by atoms with E-state index in [-0.39, 0.29) is 18.6 Å². The molecule has 2 aromatic carbocycles. The molecule has 0 radical (unpaired) electrons. The van der Waals surface area contributed by atoms with E-state index in [1.165, 1.54) is 22.1 Å². The Morgan fingerprint density at radius 2 is 1.97 bits per heavy atom. The van der Waals surface area contributed by atoms with Gasteiger partial charge in [0.05, 0.1) is 17.3 Å². The maximum atomic E-state index is 12.6. The van der Waals surface area contributed by atoms with Gasteiger partial charge in [-0.15, -0.1) is 5.10 Å². The van der Waals surface area contributed by atoms with E-state index < -0.39 is 5.97 Å². The van der Waals surface area contributed by atoms with Crippen LogP contribution in [0, 0.1) is 0 Å². The van der Waals surface area contributed by atoms with E-state index in [0.29, 0.717) is 5.56 Å². The summed E-state index contributed by atoms with van der Waals surface area (Å²) in [6.45, 7) is -0.289. The van der Waals surface area contributed by atoms with Crippen LogP contribution >= 0.6 is 0 Å². The van der Waals surface area contributed by atoms with Crippen molar-refractivity contribution in [3.8, 4) is 5.69 Å². The van der Waals surface area contributed by atoms with Crippen LogP contribution in [0.3, 0.4) is 0 Å². The van der Waals surface area contributed by atoms with Gasteiger partial charge in [0, 0.05) is 7.05 Å². The molecular weight excluding hydrogens is 370 g/mol. The number of rotatable bonds is 5. The molecule has 0 fully saturated rings. The highest BCUT2D eigenvalue weighted by Crippen LogP contribution is 2.33. The van der Waals surface area contributed by atoms with Crippen LogP contribution in [0.2, 0.25) is 0 Å². The minimum atomic E-state index is -0.543. The Morgan fingerprint density at radius 3 is 2.72 bits per heavy atom. The standard InChI is InChI=1S/C21H21N5O3/c1-25(19-8-4-6-15-5-2-3-7-18(15)19)20(27)13-29-21(28)16-9-11-17(12-10-16)26-14-22-23-24-26/h2-3,5,7,9-12,14,19H,4,6,8,13H2,1H3/t19-/m1/s1. The summed E-state index contributed by atoms with van der Waals surface area (Å²) in [5, 5.41) is 10.9. The molecule has 1 aromatic heterocycles. The first-order valence-corrected chi connectivity index (χ1v) is 9.47. The minimum absolute atomic E-state index is 0.0155. The topological polar surface area (TPSA) is 90.2 Å². The van der Waals surface area contributed by atoms with Gasteiger partial charge in [0.2, 0.25) is 0 Å². The molecule has 148 valence electrons. The van der Waals surface area contributed by atoms with Crippen molar-refractivity contribution in [3.05, 3.63) is 71.5 Å². The highest BCUT2D eigenvalue weighted by Gasteiger charge is 2.27. The van der Waals surface area contributed by atoms with Crippen LogP contribution in [0.1, 0.15) is 40.4 Å². The summed E-state index contributed by atoms with van der Waals surface area (Å²) in [4.78, 5) is 26.6. The number of aryl methyl sites for hydroxylation is 1. The first-order valence-electron chi connectivity index (χ1n) is 9.47. The number of hydrogen-bond acceptors (Lipinski definition) is 6. The largest absolute Gasteiger partial charge is 0.452 e. The summed E-state index contributed by atoms with van der Waals surface area (Å²) in [7, 11) is 1.77. The van der Waals surface area contributed by atoms with Crippen LogP contribution in [-0.4, -0.2) is 50.6 Å². The fourth-order valence-corrected chi connectivity index (χ4v) is 3.65. The normalized spacial score (nSPS) is 15.4. The number of carbonyl (C=O) groups excluding carboxylic acids is 2. The zero-order valence-corrected chi connectivity index (χ0v) is 16.1. The van der Waals surface area contributed by atoms with Gasteiger partial charge in [-0.3, -0.25) is 4.79 Å². The van der Waals surface area contributed by atoms with Gasteiger partial charge in [-0.2, -0.15) is 0 Å². The lowest BCUT2D eigenvalue weighted by atomic mass is 9.87. The predicted octanol–water partition coefficient (Wildman–Crippen LogP) is 2.36. The van der Waals surface area contributed by atoms with E-state index in [9.17, 15) is 9.59 Å². The summed E-state index contributed by atoms with van der Waals surface area (Å²) in [5.74, 6) is -0.760. The van der Waals surface area contributed by atoms with Gasteiger partial charge < -0.3 is 9.64 Å². The maximum absolute atomic E-state index is 12.6. The lowest BCUT2D eigenvalue weighted by Crippen LogP contribution is -2.36. The molecule has 0 saturated carbocycles. The second kappa shape index (κ2) is 8.22. The molecule has 29 heavy (non-hydrogen) atoms. The first kappa shape index (κ1) is 18.8. The van der Waals surface area contributed by atoms with E-state index >= 15 is 0 Å². The van der Waals surface area contributed by atoms with E-state index in [0.717, 1.165) is 24.9 Å². The van der Waals surface area contributed by atoms with Crippen molar-refractivity contribution in [1.82, 2.24) is 25.1 Å². The van der Waals surface area contributed by atoms with Gasteiger partial charge in [0.1, 0.15) is 6.33 Å². The summed E-state index contributed by atoms with van der Waals surface area (Å²) in [6, 6.07) is 14.9. The zero-order valence-electron chi connectivity index (χ0n) is 16.1. The molecule has 0 bridgehead atoms. The van der Waals surface area contributed by atoms with E-state index in [4.69, 9.17) is 4.74 Å². The van der Waals surface area contributed by atoms with Crippen LogP contribution in [0.15, 0.2) is 54.9 Å². The Hall–Kier alpha value is -3.55. The molecular formula is C21H21N5O3. The number of tetrazole rings is 1. The van der Waals surface area contributed by atoms with Crippen molar-refractivity contribution in [1.29, 1.82) is 0 Å². The van der Waals surface area contributed by atoms with E-state index in [1.54, 1.807) is 36.2 Å². The number of likely N-dealkylation sites (N-methyl/N-ethyl adjacent to an activating group) is 1. The molecule has 8 nitrogen and oxygen atoms in total. The fourth-order valence-electron chi connectivity index (χ4n) is 3.65. The highest BCUT2D eigenvalue weighted by molar-refractivity contribution is 5.91. The molecule has 0 aliphatic heterocycles. The number of amides is 1. The Balaban J connectivity index is 1.36. The molecule has 4 rings (SSSR count). The van der Waals surface area contributed by atoms with Crippen LogP contribution in [0.25, 0.3) is 5.69 Å². The Labute approximate surface area is 168 Å². The van der Waals surface area contributed by atoms with Crippen LogP contribution in [0.4, 0.5) is 0 Å². The zero-order chi connectivity index (χ0) is 20.2. The SMILES string of the molecule is CN(C(=O)COC(=O)c1ccc(-n2cnnn2)cc1)[C@@H]1CCCc2ccccc21. The van der Waals surface area contributed by atoms with Gasteiger partial charge in [-0.1, -0.05) is 24.3 Å². The number of benzene rings is 2. The molecule has 1 amide bonds. The molecule has 1 aliphatic carbocycles. The molecule has 0 saturated heterocycles. The molecule has 1 aliphatic rings. The van der Waals surface area contributed by atoms with Crippen LogP contribution in [-0.2, 0) is 16.0 Å². The summed E-state index contributed by atoms with van der Waals surface area (Å²) < 4.78 is 6.72. The average molecular weight is 391 g/mol. The van der Waals surface area contributed by atoms with Gasteiger partial charge in [-0.05, 0) is 65.1 Å². The summed E-state index contributed by atoms with van der Waals surface area (Å²) >= 11 is 0. The van der Waals surface area contributed by atoms with Crippen molar-refractivity contribution < 1.29 is 14.3 Å². The number of nitrogens with zero attached hydrogens (tertiary/aromatic N) is 5. The van der Waals surface area contributed by atoms with Crippen molar-refractivity contribution in [2.24, 2.45) is 0 Å². The molecule has 1 atom stereocenters. The van der Waals surface area contributed by atoms with Gasteiger partial charge in [0.25, 0.3) is 5.91 Å². The van der Waals surface area contributed by atoms with Crippen molar-refractivity contribution in [3.63, 3.8) is 0 Å². The van der Waals surface area contributed by atoms with Crippen molar-refractivity contribution in [2.75, 3.05) is 13.7 Å². The quantitative estimate of drug-likeness (QED) is 0.620. The minimum Gasteiger partial charge on any atom is -0.452 e. The van der Waals surface area contributed by atoms with Gasteiger partial charge >= 0.3 is 5.97 Å². The molecule has 3 aromatic rings. The highest BCUT2D eigenvalue weighted by atomic mass is 16.5. The molecule has 0 unspecified atom stereocenters. The summed E-state index contributed by atoms with van der Waals surface area (Å²) in [5.41, 5.74) is 3.54. The molecule has 0 spiro atoms. The maximum Gasteiger partial charge on any atom is 0.338 e. The number of hydrogen-bond donors (Lipinski definition) is 0. The predicted molar refractivity (Wildman–Crippen MR) is 104 cm³/mol. The first-order chi connectivity index (χ1) is 14.1. The van der Waals surface area contributed by atoms with Crippen LogP contribution in [0.5, 0.6) is 0 Å². The third-order valence-electron chi connectivity index (χ3n) is 5.24. The number of ether oxygens (including phenoxy) is 1. The number of esters is 1. The lowest BCUT2D eigenvalue weighted by molar-refractivity contribution is -0.135. The molecule has 1 heterocycles. The van der Waals surface area contributed by atoms with Crippen molar-refractivity contribution >= 4 is 11.9 Å². The lowest BCUT2D eigenvalue weighted by Gasteiger charge is -2.33. The van der Waals surface area contributed by atoms with Crippen molar-refractivity contribution in [2.45, 2.75) is 25.3 Å². The van der Waals surface area contributed by atoms with Crippen LogP contribution < -0.4 is 0 Å². The number of fused-ring (bicyclic) bond motifs is 1. The third-order valence-corrected chi connectivity index (χ3v) is 5.24. The Kier molecular flexibility index (Phi) is 5.33. The molecule has 8 heteroatoms. The summed E-state index contributed by atoms with van der Waals surface area (Å²) in [6.07, 6.45) is 4.44. The van der Waals surface area contributed by atoms with E-state index in [1.807, 2.05) is 12.1 Å². The Bertz CT molecular complexity index is 1000. The second-order valence-electron chi connectivity index (χ2n) is 6.99. The fraction of sp³-hybridized carbons (Fsp3) is 0.286. The van der Waals surface area contributed by atoms with E-state index in [2.05, 4.69) is 27.7 Å². The van der Waals surface area contributed by atoms with Gasteiger partial charge in [0.15, 0.2) is 6.61 Å². The Morgan fingerprint density at radius 1 is 1.17 bits per heavy atom. The number of aromatic nitrogens is 4.